The van der Waals surface area contributed by atoms with E-state index in [0.29, 0.717) is 18.9 Å². The van der Waals surface area contributed by atoms with Gasteiger partial charge in [0.05, 0.1) is 11.7 Å². The molecule has 0 heterocycles. The highest BCUT2D eigenvalue weighted by molar-refractivity contribution is 5.19. The number of benzene rings is 1. The molecule has 1 rings (SSSR count). The number of nitrogens with one attached hydrogen (secondary N) is 1. The van der Waals surface area contributed by atoms with Gasteiger partial charge in [-0.1, -0.05) is 32.0 Å². The van der Waals surface area contributed by atoms with Gasteiger partial charge in [0.15, 0.2) is 0 Å². The van der Waals surface area contributed by atoms with Crippen LogP contribution in [-0.4, -0.2) is 28.9 Å². The van der Waals surface area contributed by atoms with Crippen molar-refractivity contribution in [1.82, 2.24) is 5.32 Å². The summed E-state index contributed by atoms with van der Waals surface area (Å²) in [5, 5.41) is 23.0. The van der Waals surface area contributed by atoms with E-state index in [0.717, 1.165) is 0 Å². The molecule has 1 aromatic rings. The van der Waals surface area contributed by atoms with E-state index in [-0.39, 0.29) is 12.1 Å². The fourth-order valence-electron chi connectivity index (χ4n) is 2.29. The van der Waals surface area contributed by atoms with E-state index < -0.39 is 17.5 Å². The van der Waals surface area contributed by atoms with Crippen molar-refractivity contribution in [3.05, 3.63) is 35.6 Å². The van der Waals surface area contributed by atoms with Crippen molar-refractivity contribution < 1.29 is 14.6 Å². The van der Waals surface area contributed by atoms with Gasteiger partial charge in [-0.05, 0) is 25.3 Å². The van der Waals surface area contributed by atoms with Gasteiger partial charge in [0, 0.05) is 18.7 Å². The predicted molar refractivity (Wildman–Crippen MR) is 74.3 cm³/mol. The number of hydrogen-bond donors (Lipinski definition) is 3. The van der Waals surface area contributed by atoms with Crippen LogP contribution in [0.1, 0.15) is 38.9 Å². The van der Waals surface area contributed by atoms with Crippen LogP contribution < -0.4 is 5.32 Å². The van der Waals surface area contributed by atoms with Crippen LogP contribution >= 0.6 is 0 Å². The van der Waals surface area contributed by atoms with Gasteiger partial charge < -0.3 is 15.5 Å². The predicted octanol–water partition coefficient (Wildman–Crippen LogP) is 2.25. The molecule has 0 bridgehead atoms. The smallest absolute Gasteiger partial charge is 0.129 e. The third kappa shape index (κ3) is 5.68. The highest BCUT2D eigenvalue weighted by atomic mass is 19.1. The van der Waals surface area contributed by atoms with Crippen LogP contribution in [0.5, 0.6) is 0 Å². The number of aliphatic hydroxyl groups excluding tert-OH is 1. The lowest BCUT2D eigenvalue weighted by Gasteiger charge is -2.26. The quantitative estimate of drug-likeness (QED) is 0.711. The Morgan fingerprint density at radius 3 is 2.53 bits per heavy atom. The molecule has 0 amide bonds. The lowest BCUT2D eigenvalue weighted by molar-refractivity contribution is 0.0351. The van der Waals surface area contributed by atoms with Gasteiger partial charge >= 0.3 is 0 Å². The molecule has 2 atom stereocenters. The first-order valence-electron chi connectivity index (χ1n) is 6.67. The Labute approximate surface area is 114 Å². The molecule has 0 aromatic heterocycles. The Balaban J connectivity index is 2.43. The van der Waals surface area contributed by atoms with Crippen LogP contribution in [0.2, 0.25) is 0 Å². The standard InChI is InChI=1S/C15H24FNO2/c1-11(2)8-15(3,19)10-17-9-14(18)12-6-4-5-7-13(12)16/h4-7,11,14,17-19H,8-10H2,1-3H3. The first-order valence-corrected chi connectivity index (χ1v) is 6.67. The molecule has 108 valence electrons. The Bertz CT molecular complexity index is 393. The molecule has 1 aromatic carbocycles. The summed E-state index contributed by atoms with van der Waals surface area (Å²) in [6, 6.07) is 6.17. The molecular formula is C15H24FNO2. The van der Waals surface area contributed by atoms with Crippen molar-refractivity contribution in [2.24, 2.45) is 5.92 Å². The lowest BCUT2D eigenvalue weighted by Crippen LogP contribution is -2.40. The SMILES string of the molecule is CC(C)CC(C)(O)CNCC(O)c1ccccc1F. The second-order valence-electron chi connectivity index (χ2n) is 5.76. The van der Waals surface area contributed by atoms with Gasteiger partial charge in [0.2, 0.25) is 0 Å². The zero-order chi connectivity index (χ0) is 14.5. The van der Waals surface area contributed by atoms with E-state index in [4.69, 9.17) is 0 Å². The first-order chi connectivity index (χ1) is 8.82. The van der Waals surface area contributed by atoms with Crippen LogP contribution in [-0.2, 0) is 0 Å². The van der Waals surface area contributed by atoms with Crippen molar-refractivity contribution >= 4 is 0 Å². The second-order valence-corrected chi connectivity index (χ2v) is 5.76. The minimum absolute atomic E-state index is 0.217. The van der Waals surface area contributed by atoms with E-state index in [1.807, 2.05) is 13.8 Å². The molecule has 2 unspecified atom stereocenters. The molecule has 0 spiro atoms. The van der Waals surface area contributed by atoms with E-state index in [1.165, 1.54) is 6.07 Å². The van der Waals surface area contributed by atoms with Crippen LogP contribution in [0, 0.1) is 11.7 Å². The largest absolute Gasteiger partial charge is 0.389 e. The van der Waals surface area contributed by atoms with Crippen molar-refractivity contribution in [3.63, 3.8) is 0 Å². The monoisotopic (exact) mass is 269 g/mol. The normalized spacial score (nSPS) is 16.4. The Hall–Kier alpha value is -0.970. The molecular weight excluding hydrogens is 245 g/mol. The fraction of sp³-hybridized carbons (Fsp3) is 0.600. The summed E-state index contributed by atoms with van der Waals surface area (Å²) < 4.78 is 13.4. The lowest BCUT2D eigenvalue weighted by atomic mass is 9.94. The minimum atomic E-state index is -0.906. The van der Waals surface area contributed by atoms with Gasteiger partial charge in [0.25, 0.3) is 0 Å². The molecule has 0 saturated carbocycles. The summed E-state index contributed by atoms with van der Waals surface area (Å²) in [4.78, 5) is 0. The molecule has 0 saturated heterocycles. The van der Waals surface area contributed by atoms with Gasteiger partial charge in [-0.25, -0.2) is 4.39 Å². The summed E-state index contributed by atoms with van der Waals surface area (Å²) in [5.41, 5.74) is -0.540. The molecule has 19 heavy (non-hydrogen) atoms. The van der Waals surface area contributed by atoms with Crippen LogP contribution in [0.15, 0.2) is 24.3 Å². The maximum atomic E-state index is 13.4. The summed E-state index contributed by atoms with van der Waals surface area (Å²) in [5.74, 6) is -0.0148. The first kappa shape index (κ1) is 16.1. The molecule has 0 radical (unpaired) electrons. The fourth-order valence-corrected chi connectivity index (χ4v) is 2.29. The van der Waals surface area contributed by atoms with Crippen LogP contribution in [0.25, 0.3) is 0 Å². The van der Waals surface area contributed by atoms with Crippen molar-refractivity contribution in [2.45, 2.75) is 38.9 Å². The average Bonchev–Trinajstić information content (AvgIpc) is 2.27. The molecule has 4 heteroatoms. The summed E-state index contributed by atoms with van der Waals surface area (Å²) in [7, 11) is 0. The maximum Gasteiger partial charge on any atom is 0.129 e. The van der Waals surface area contributed by atoms with Crippen LogP contribution in [0.3, 0.4) is 0 Å². The molecule has 0 aliphatic carbocycles. The number of hydrogen-bond acceptors (Lipinski definition) is 3. The topological polar surface area (TPSA) is 52.5 Å². The van der Waals surface area contributed by atoms with Gasteiger partial charge in [-0.2, -0.15) is 0 Å². The Morgan fingerprint density at radius 1 is 1.32 bits per heavy atom. The van der Waals surface area contributed by atoms with Crippen LogP contribution in [0.4, 0.5) is 4.39 Å². The summed E-state index contributed by atoms with van der Waals surface area (Å²) in [6.45, 7) is 6.44. The van der Waals surface area contributed by atoms with Crippen molar-refractivity contribution in [3.8, 4) is 0 Å². The van der Waals surface area contributed by atoms with E-state index in [1.54, 1.807) is 25.1 Å². The third-order valence-electron chi connectivity index (χ3n) is 2.96. The van der Waals surface area contributed by atoms with Gasteiger partial charge in [-0.15, -0.1) is 0 Å². The molecule has 3 N–H and O–H groups in total. The zero-order valence-corrected chi connectivity index (χ0v) is 11.9. The Kier molecular flexibility index (Phi) is 5.91. The summed E-state index contributed by atoms with van der Waals surface area (Å²) in [6.07, 6.45) is -0.230. The number of rotatable bonds is 7. The molecule has 0 aliphatic heterocycles. The molecule has 3 nitrogen and oxygen atoms in total. The van der Waals surface area contributed by atoms with Crippen molar-refractivity contribution in [2.75, 3.05) is 13.1 Å². The van der Waals surface area contributed by atoms with Crippen molar-refractivity contribution in [1.29, 1.82) is 0 Å². The average molecular weight is 269 g/mol. The minimum Gasteiger partial charge on any atom is -0.389 e. The van der Waals surface area contributed by atoms with Gasteiger partial charge in [0.1, 0.15) is 5.82 Å². The highest BCUT2D eigenvalue weighted by Crippen LogP contribution is 2.17. The van der Waals surface area contributed by atoms with Gasteiger partial charge in [-0.3, -0.25) is 0 Å². The number of halogens is 1. The maximum absolute atomic E-state index is 13.4. The van der Waals surface area contributed by atoms with E-state index in [9.17, 15) is 14.6 Å². The Morgan fingerprint density at radius 2 is 1.95 bits per heavy atom. The molecule has 0 aliphatic rings. The number of aliphatic hydroxyl groups is 2. The third-order valence-corrected chi connectivity index (χ3v) is 2.96. The molecule has 0 fully saturated rings. The van der Waals surface area contributed by atoms with E-state index >= 15 is 0 Å². The zero-order valence-electron chi connectivity index (χ0n) is 11.9. The summed E-state index contributed by atoms with van der Waals surface area (Å²) >= 11 is 0. The highest BCUT2D eigenvalue weighted by Gasteiger charge is 2.22. The second kappa shape index (κ2) is 6.98. The van der Waals surface area contributed by atoms with E-state index in [2.05, 4.69) is 5.32 Å².